The molecule has 0 radical (unpaired) electrons. The number of halogens is 2. The van der Waals surface area contributed by atoms with E-state index in [1.165, 1.54) is 50.8 Å². The molecule has 0 saturated heterocycles. The minimum atomic E-state index is -0.332. The molecule has 7 rings (SSSR count). The van der Waals surface area contributed by atoms with E-state index in [9.17, 15) is 14.0 Å². The van der Waals surface area contributed by atoms with Crippen molar-refractivity contribution >= 4 is 51.4 Å². The van der Waals surface area contributed by atoms with Gasteiger partial charge in [-0.2, -0.15) is 0 Å². The van der Waals surface area contributed by atoms with Crippen LogP contribution in [0.25, 0.3) is 22.3 Å². The lowest BCUT2D eigenvalue weighted by atomic mass is 9.96. The molecule has 0 atom stereocenters. The standard InChI is InChI=1S/C22H22FN3O2.C18H18ClNS/c23-17-9-7-16(8-10-17)21(27)6-3-13-25-14-11-18(12-15-25)26-20-5-2-1-4-19(20)24-22(26)28;1-20(2)11-5-7-14-15-6-3-4-8-17(15)21-18-10-9-13(19)12-16(14)18/h1-2,4-5,7-11H,3,6,12-15H2,(H,24,28);3-4,6-10,12H,5,11H2,1-2H3/b;14-7-. The third-order valence-corrected chi connectivity index (χ3v) is 10.1. The van der Waals surface area contributed by atoms with Crippen molar-refractivity contribution in [3.05, 3.63) is 141 Å². The van der Waals surface area contributed by atoms with Crippen molar-refractivity contribution in [3.63, 3.8) is 0 Å². The van der Waals surface area contributed by atoms with E-state index in [4.69, 9.17) is 11.6 Å². The number of hydrogen-bond acceptors (Lipinski definition) is 5. The summed E-state index contributed by atoms with van der Waals surface area (Å²) in [5.41, 5.74) is 7.09. The Kier molecular flexibility index (Phi) is 11.3. The Morgan fingerprint density at radius 1 is 0.980 bits per heavy atom. The van der Waals surface area contributed by atoms with Gasteiger partial charge in [-0.3, -0.25) is 14.3 Å². The zero-order valence-electron chi connectivity index (χ0n) is 27.8. The molecule has 2 aliphatic rings. The van der Waals surface area contributed by atoms with Gasteiger partial charge in [-0.25, -0.2) is 9.18 Å². The van der Waals surface area contributed by atoms with Crippen LogP contribution in [0.1, 0.15) is 47.2 Å². The maximum atomic E-state index is 12.9. The maximum Gasteiger partial charge on any atom is 0.330 e. The Morgan fingerprint density at radius 2 is 1.73 bits per heavy atom. The molecule has 0 saturated carbocycles. The third kappa shape index (κ3) is 8.51. The van der Waals surface area contributed by atoms with Crippen molar-refractivity contribution < 1.29 is 9.18 Å². The van der Waals surface area contributed by atoms with Gasteiger partial charge in [0.05, 0.1) is 11.0 Å². The molecule has 6 nitrogen and oxygen atoms in total. The number of H-pyrrole nitrogens is 1. The van der Waals surface area contributed by atoms with E-state index in [2.05, 4.69) is 77.4 Å². The molecule has 0 fully saturated rings. The molecule has 1 aromatic heterocycles. The maximum absolute atomic E-state index is 12.9. The molecule has 2 aliphatic heterocycles. The van der Waals surface area contributed by atoms with Gasteiger partial charge in [0.2, 0.25) is 0 Å². The van der Waals surface area contributed by atoms with Crippen LogP contribution in [0, 0.1) is 5.82 Å². The number of carbonyl (C=O) groups is 1. The molecule has 0 bridgehead atoms. The number of hydrogen-bond donors (Lipinski definition) is 1. The fraction of sp³-hybridized carbons (Fsp3) is 0.250. The molecule has 1 N–H and O–H groups in total. The topological polar surface area (TPSA) is 61.3 Å². The predicted molar refractivity (Wildman–Crippen MR) is 200 cm³/mol. The van der Waals surface area contributed by atoms with Gasteiger partial charge in [0.25, 0.3) is 0 Å². The monoisotopic (exact) mass is 694 g/mol. The first-order valence-corrected chi connectivity index (χ1v) is 17.8. The summed E-state index contributed by atoms with van der Waals surface area (Å²) < 4.78 is 14.7. The first-order chi connectivity index (χ1) is 23.8. The molecular weight excluding hydrogens is 655 g/mol. The number of aromatic nitrogens is 2. The van der Waals surface area contributed by atoms with Crippen molar-refractivity contribution in [1.29, 1.82) is 0 Å². The SMILES string of the molecule is CN(C)CC/C=C1/c2ccccc2Sc2ccc(Cl)cc21.O=C(CCCN1CC=C(n2c(=O)[nH]c3ccccc32)CC1)c1ccc(F)cc1. The summed E-state index contributed by atoms with van der Waals surface area (Å²) in [6.07, 6.45) is 7.45. The number of nitrogens with one attached hydrogen (secondary N) is 1. The van der Waals surface area contributed by atoms with Crippen molar-refractivity contribution in [2.75, 3.05) is 40.3 Å². The molecule has 0 spiro atoms. The van der Waals surface area contributed by atoms with E-state index < -0.39 is 0 Å². The Hall–Kier alpha value is -4.21. The van der Waals surface area contributed by atoms with Crippen LogP contribution in [0.3, 0.4) is 0 Å². The second-order valence-electron chi connectivity index (χ2n) is 12.5. The highest BCUT2D eigenvalue weighted by atomic mass is 35.5. The Morgan fingerprint density at radius 3 is 2.51 bits per heavy atom. The zero-order valence-corrected chi connectivity index (χ0v) is 29.4. The lowest BCUT2D eigenvalue weighted by molar-refractivity contribution is 0.0975. The van der Waals surface area contributed by atoms with Gasteiger partial charge in [-0.15, -0.1) is 0 Å². The third-order valence-electron chi connectivity index (χ3n) is 8.74. The van der Waals surface area contributed by atoms with Gasteiger partial charge in [0, 0.05) is 58.6 Å². The Balaban J connectivity index is 0.000000177. The minimum Gasteiger partial charge on any atom is -0.309 e. The van der Waals surface area contributed by atoms with Crippen LogP contribution in [-0.2, 0) is 0 Å². The predicted octanol–water partition coefficient (Wildman–Crippen LogP) is 8.87. The lowest BCUT2D eigenvalue weighted by Crippen LogP contribution is -2.32. The summed E-state index contributed by atoms with van der Waals surface area (Å²) in [6.45, 7) is 3.47. The largest absolute Gasteiger partial charge is 0.330 e. The molecule has 0 unspecified atom stereocenters. The first-order valence-electron chi connectivity index (χ1n) is 16.6. The molecule has 49 heavy (non-hydrogen) atoms. The molecular formula is C40H40ClFN4O2S. The van der Waals surface area contributed by atoms with Crippen molar-refractivity contribution in [2.24, 2.45) is 0 Å². The number of carbonyl (C=O) groups excluding carboxylic acids is 1. The van der Waals surface area contributed by atoms with Gasteiger partial charge < -0.3 is 9.88 Å². The van der Waals surface area contributed by atoms with Gasteiger partial charge >= 0.3 is 5.69 Å². The van der Waals surface area contributed by atoms with E-state index in [1.54, 1.807) is 4.57 Å². The highest BCUT2D eigenvalue weighted by Crippen LogP contribution is 2.46. The fourth-order valence-electron chi connectivity index (χ4n) is 6.22. The number of ketones is 1. The summed E-state index contributed by atoms with van der Waals surface area (Å²) in [5.74, 6) is -0.291. The Bertz CT molecular complexity index is 2070. The smallest absolute Gasteiger partial charge is 0.309 e. The number of benzene rings is 4. The van der Waals surface area contributed by atoms with Crippen LogP contribution in [0.2, 0.25) is 5.02 Å². The van der Waals surface area contributed by atoms with Crippen LogP contribution in [0.15, 0.2) is 118 Å². The van der Waals surface area contributed by atoms with E-state index in [0.717, 1.165) is 67.2 Å². The summed E-state index contributed by atoms with van der Waals surface area (Å²) >= 11 is 8.03. The number of Topliss-reactive ketones (excluding diaryl/α,β-unsaturated/α-hetero) is 1. The van der Waals surface area contributed by atoms with Crippen LogP contribution in [0.4, 0.5) is 4.39 Å². The molecule has 0 aliphatic carbocycles. The number of aromatic amines is 1. The molecule has 3 heterocycles. The lowest BCUT2D eigenvalue weighted by Gasteiger charge is -2.26. The van der Waals surface area contributed by atoms with Gasteiger partial charge in [0.1, 0.15) is 5.82 Å². The molecule has 0 amide bonds. The highest BCUT2D eigenvalue weighted by molar-refractivity contribution is 7.99. The molecule has 252 valence electrons. The first kappa shape index (κ1) is 34.6. The van der Waals surface area contributed by atoms with E-state index in [-0.39, 0.29) is 17.3 Å². The highest BCUT2D eigenvalue weighted by Gasteiger charge is 2.21. The second-order valence-corrected chi connectivity index (χ2v) is 14.0. The minimum absolute atomic E-state index is 0.0404. The summed E-state index contributed by atoms with van der Waals surface area (Å²) in [5, 5.41) is 0.798. The number of fused-ring (bicyclic) bond motifs is 3. The van der Waals surface area contributed by atoms with Gasteiger partial charge in [-0.05, 0) is 111 Å². The van der Waals surface area contributed by atoms with Crippen LogP contribution >= 0.6 is 23.4 Å². The summed E-state index contributed by atoms with van der Waals surface area (Å²) in [7, 11) is 4.21. The van der Waals surface area contributed by atoms with Crippen LogP contribution in [0.5, 0.6) is 0 Å². The second kappa shape index (κ2) is 16.0. The molecule has 5 aromatic rings. The molecule has 4 aromatic carbocycles. The quantitative estimate of drug-likeness (QED) is 0.153. The molecule has 9 heteroatoms. The normalized spacial score (nSPS) is 15.0. The van der Waals surface area contributed by atoms with E-state index in [0.29, 0.717) is 12.0 Å². The van der Waals surface area contributed by atoms with E-state index >= 15 is 0 Å². The van der Waals surface area contributed by atoms with E-state index in [1.807, 2.05) is 42.1 Å². The van der Waals surface area contributed by atoms with Crippen LogP contribution < -0.4 is 5.69 Å². The zero-order chi connectivity index (χ0) is 34.3. The Labute approximate surface area is 295 Å². The number of rotatable bonds is 9. The van der Waals surface area contributed by atoms with Gasteiger partial charge in [-0.1, -0.05) is 65.8 Å². The fourth-order valence-corrected chi connectivity index (χ4v) is 7.48. The van der Waals surface area contributed by atoms with Crippen molar-refractivity contribution in [3.8, 4) is 0 Å². The number of imidazole rings is 1. The van der Waals surface area contributed by atoms with Crippen molar-refractivity contribution in [2.45, 2.75) is 35.5 Å². The number of nitrogens with zero attached hydrogens (tertiary/aromatic N) is 3. The van der Waals surface area contributed by atoms with Crippen LogP contribution in [-0.4, -0.2) is 65.4 Å². The van der Waals surface area contributed by atoms with Gasteiger partial charge in [0.15, 0.2) is 5.78 Å². The summed E-state index contributed by atoms with van der Waals surface area (Å²) in [4.78, 5) is 34.5. The number of para-hydroxylation sites is 2. The average molecular weight is 695 g/mol. The average Bonchev–Trinajstić information content (AvgIpc) is 3.44. The van der Waals surface area contributed by atoms with Crippen molar-refractivity contribution in [1.82, 2.24) is 19.4 Å². The summed E-state index contributed by atoms with van der Waals surface area (Å²) in [6, 6.07) is 28.2.